The first-order valence-corrected chi connectivity index (χ1v) is 12.7. The van der Waals surface area contributed by atoms with Gasteiger partial charge >= 0.3 is 5.97 Å². The van der Waals surface area contributed by atoms with Crippen molar-refractivity contribution < 1.29 is 22.7 Å². The quantitative estimate of drug-likeness (QED) is 0.352. The summed E-state index contributed by atoms with van der Waals surface area (Å²) in [6.07, 6.45) is 2.31. The lowest BCUT2D eigenvalue weighted by Gasteiger charge is -2.08. The summed E-state index contributed by atoms with van der Waals surface area (Å²) in [5.41, 5.74) is 3.90. The number of sulfonamides is 1. The molecule has 3 aromatic heterocycles. The lowest BCUT2D eigenvalue weighted by atomic mass is 10.1. The maximum atomic E-state index is 12.2. The number of imidazole rings is 1. The third-order valence-electron chi connectivity index (χ3n) is 5.80. The molecule has 3 heterocycles. The highest BCUT2D eigenvalue weighted by Crippen LogP contribution is 2.33. The second kappa shape index (κ2) is 8.76. The van der Waals surface area contributed by atoms with E-state index in [1.54, 1.807) is 18.3 Å². The van der Waals surface area contributed by atoms with Crippen LogP contribution in [0, 0.1) is 6.92 Å². The van der Waals surface area contributed by atoms with Crippen molar-refractivity contribution in [3.8, 4) is 5.75 Å². The molecule has 0 unspecified atom stereocenters. The van der Waals surface area contributed by atoms with Crippen LogP contribution in [0.3, 0.4) is 0 Å². The standard InChI is InChI=1S/C25H23N5O5S/c1-15-26-24-23(25-27-20-6-4-5-7-21(20)30(15)25)22(35-17(3)32)14-29(24)13-12-18-8-10-19(11-9-18)36(33,34)28-16(2)31/h4-11,14H,12-13H2,1-3H3,(H,28,31). The van der Waals surface area contributed by atoms with E-state index in [1.165, 1.54) is 19.1 Å². The molecule has 0 radical (unpaired) electrons. The Morgan fingerprint density at radius 1 is 1.00 bits per heavy atom. The van der Waals surface area contributed by atoms with E-state index >= 15 is 0 Å². The molecular formula is C25H23N5O5S. The number of aryl methyl sites for hydroxylation is 3. The Morgan fingerprint density at radius 2 is 1.72 bits per heavy atom. The second-order valence-electron chi connectivity index (χ2n) is 8.45. The van der Waals surface area contributed by atoms with Crippen molar-refractivity contribution >= 4 is 49.6 Å². The van der Waals surface area contributed by atoms with Gasteiger partial charge in [-0.2, -0.15) is 0 Å². The van der Waals surface area contributed by atoms with Gasteiger partial charge in [0.25, 0.3) is 10.0 Å². The van der Waals surface area contributed by atoms with Crippen molar-refractivity contribution in [3.05, 3.63) is 66.1 Å². The molecule has 2 aromatic carbocycles. The fourth-order valence-electron chi connectivity index (χ4n) is 4.31. The van der Waals surface area contributed by atoms with Crippen LogP contribution >= 0.6 is 0 Å². The summed E-state index contributed by atoms with van der Waals surface area (Å²) in [5.74, 6) is 0.0267. The van der Waals surface area contributed by atoms with Crippen LogP contribution in [0.4, 0.5) is 0 Å². The predicted molar refractivity (Wildman–Crippen MR) is 133 cm³/mol. The van der Waals surface area contributed by atoms with E-state index in [1.807, 2.05) is 44.9 Å². The third kappa shape index (κ3) is 4.17. The highest BCUT2D eigenvalue weighted by molar-refractivity contribution is 7.90. The number of hydrogen-bond donors (Lipinski definition) is 1. The van der Waals surface area contributed by atoms with Crippen molar-refractivity contribution in [2.75, 3.05) is 0 Å². The molecule has 0 saturated heterocycles. The maximum absolute atomic E-state index is 12.2. The van der Waals surface area contributed by atoms with Gasteiger partial charge in [-0.3, -0.25) is 14.0 Å². The van der Waals surface area contributed by atoms with Crippen molar-refractivity contribution in [2.45, 2.75) is 38.6 Å². The fraction of sp³-hybridized carbons (Fsp3) is 0.200. The summed E-state index contributed by atoms with van der Waals surface area (Å²) < 4.78 is 35.7. The summed E-state index contributed by atoms with van der Waals surface area (Å²) in [6, 6.07) is 14.1. The van der Waals surface area contributed by atoms with Crippen LogP contribution in [0.15, 0.2) is 59.6 Å². The van der Waals surface area contributed by atoms with Gasteiger partial charge in [0.2, 0.25) is 5.91 Å². The summed E-state index contributed by atoms with van der Waals surface area (Å²) >= 11 is 0. The van der Waals surface area contributed by atoms with Crippen molar-refractivity contribution in [2.24, 2.45) is 0 Å². The minimum atomic E-state index is -3.89. The molecule has 184 valence electrons. The number of esters is 1. The minimum absolute atomic E-state index is 0.0102. The lowest BCUT2D eigenvalue weighted by molar-refractivity contribution is -0.131. The first-order chi connectivity index (χ1) is 17.1. The monoisotopic (exact) mass is 505 g/mol. The number of rotatable bonds is 6. The number of ether oxygens (including phenoxy) is 1. The number of nitrogens with one attached hydrogen (secondary N) is 1. The van der Waals surface area contributed by atoms with Gasteiger partial charge in [0.1, 0.15) is 16.9 Å². The van der Waals surface area contributed by atoms with Gasteiger partial charge in [-0.1, -0.05) is 24.3 Å². The van der Waals surface area contributed by atoms with E-state index in [-0.39, 0.29) is 4.90 Å². The highest BCUT2D eigenvalue weighted by atomic mass is 32.2. The first-order valence-electron chi connectivity index (χ1n) is 11.2. The number of amides is 1. The molecular weight excluding hydrogens is 482 g/mol. The number of carbonyl (C=O) groups is 2. The Labute approximate surface area is 206 Å². The molecule has 0 aliphatic rings. The van der Waals surface area contributed by atoms with Gasteiger partial charge in [0, 0.05) is 26.6 Å². The van der Waals surface area contributed by atoms with E-state index < -0.39 is 21.9 Å². The van der Waals surface area contributed by atoms with Crippen LogP contribution in [-0.2, 0) is 32.6 Å². The number of carbonyl (C=O) groups excluding carboxylic acids is 2. The molecule has 0 aliphatic heterocycles. The molecule has 0 aliphatic carbocycles. The Kier molecular flexibility index (Phi) is 5.71. The largest absolute Gasteiger partial charge is 0.424 e. The van der Waals surface area contributed by atoms with Gasteiger partial charge in [0.05, 0.1) is 15.9 Å². The molecule has 5 rings (SSSR count). The van der Waals surface area contributed by atoms with Crippen LogP contribution in [0.1, 0.15) is 25.2 Å². The smallest absolute Gasteiger partial charge is 0.308 e. The second-order valence-corrected chi connectivity index (χ2v) is 10.1. The normalized spacial score (nSPS) is 11.9. The molecule has 0 fully saturated rings. The zero-order valence-corrected chi connectivity index (χ0v) is 20.7. The summed E-state index contributed by atoms with van der Waals surface area (Å²) in [7, 11) is -3.89. The van der Waals surface area contributed by atoms with Gasteiger partial charge in [-0.15, -0.1) is 0 Å². The predicted octanol–water partition coefficient (Wildman–Crippen LogP) is 3.14. The summed E-state index contributed by atoms with van der Waals surface area (Å²) in [5, 5.41) is 0.642. The number of para-hydroxylation sites is 2. The van der Waals surface area contributed by atoms with E-state index in [0.717, 1.165) is 29.3 Å². The van der Waals surface area contributed by atoms with Crippen molar-refractivity contribution in [3.63, 3.8) is 0 Å². The Bertz CT molecular complexity index is 1770. The minimum Gasteiger partial charge on any atom is -0.424 e. The molecule has 11 heteroatoms. The molecule has 1 N–H and O–H groups in total. The molecule has 0 saturated carbocycles. The molecule has 1 amide bonds. The lowest BCUT2D eigenvalue weighted by Crippen LogP contribution is -2.28. The Morgan fingerprint density at radius 3 is 2.42 bits per heavy atom. The third-order valence-corrected chi connectivity index (χ3v) is 7.25. The summed E-state index contributed by atoms with van der Waals surface area (Å²) in [4.78, 5) is 32.6. The van der Waals surface area contributed by atoms with E-state index in [2.05, 4.69) is 0 Å². The number of fused-ring (bicyclic) bond motifs is 5. The molecule has 36 heavy (non-hydrogen) atoms. The van der Waals surface area contributed by atoms with Crippen LogP contribution in [0.25, 0.3) is 27.7 Å². The van der Waals surface area contributed by atoms with Gasteiger partial charge in [-0.05, 0) is 43.2 Å². The van der Waals surface area contributed by atoms with Crippen molar-refractivity contribution in [1.29, 1.82) is 0 Å². The topological polar surface area (TPSA) is 125 Å². The molecule has 10 nitrogen and oxygen atoms in total. The molecule has 0 atom stereocenters. The number of hydrogen-bond acceptors (Lipinski definition) is 7. The zero-order chi connectivity index (χ0) is 25.6. The Hall–Kier alpha value is -4.25. The van der Waals surface area contributed by atoms with Gasteiger partial charge < -0.3 is 9.30 Å². The van der Waals surface area contributed by atoms with Gasteiger partial charge in [-0.25, -0.2) is 23.1 Å². The summed E-state index contributed by atoms with van der Waals surface area (Å²) in [6.45, 7) is 4.89. The van der Waals surface area contributed by atoms with Crippen LogP contribution in [0.2, 0.25) is 0 Å². The molecule has 0 spiro atoms. The number of benzene rings is 2. The van der Waals surface area contributed by atoms with Crippen LogP contribution in [-0.4, -0.2) is 39.2 Å². The SMILES string of the molecule is CC(=O)NS(=O)(=O)c1ccc(CCn2cc(OC(C)=O)c3c2nc(C)n2c4ccccc4nc32)cc1. The maximum Gasteiger partial charge on any atom is 0.308 e. The number of nitrogens with zero attached hydrogens (tertiary/aromatic N) is 4. The zero-order valence-electron chi connectivity index (χ0n) is 19.8. The van der Waals surface area contributed by atoms with E-state index in [0.29, 0.717) is 35.4 Å². The van der Waals surface area contributed by atoms with Crippen molar-refractivity contribution in [1.82, 2.24) is 23.7 Å². The van der Waals surface area contributed by atoms with E-state index in [9.17, 15) is 18.0 Å². The Balaban J connectivity index is 1.53. The average molecular weight is 506 g/mol. The van der Waals surface area contributed by atoms with Crippen LogP contribution in [0.5, 0.6) is 5.75 Å². The van der Waals surface area contributed by atoms with E-state index in [4.69, 9.17) is 14.7 Å². The number of aromatic nitrogens is 4. The van der Waals surface area contributed by atoms with Gasteiger partial charge in [0.15, 0.2) is 11.4 Å². The highest BCUT2D eigenvalue weighted by Gasteiger charge is 2.21. The average Bonchev–Trinajstić information content (AvgIpc) is 3.35. The fourth-order valence-corrected chi connectivity index (χ4v) is 5.30. The first kappa shape index (κ1) is 23.5. The van der Waals surface area contributed by atoms with Crippen LogP contribution < -0.4 is 9.46 Å². The molecule has 0 bridgehead atoms. The molecule has 5 aromatic rings.